The van der Waals surface area contributed by atoms with E-state index in [1.165, 1.54) is 17.0 Å². The van der Waals surface area contributed by atoms with E-state index < -0.39 is 23.2 Å². The van der Waals surface area contributed by atoms with E-state index in [0.29, 0.717) is 13.0 Å². The predicted molar refractivity (Wildman–Crippen MR) is 76.6 cm³/mol. The van der Waals surface area contributed by atoms with E-state index in [0.717, 1.165) is 5.56 Å². The van der Waals surface area contributed by atoms with E-state index in [9.17, 15) is 19.1 Å². The van der Waals surface area contributed by atoms with Gasteiger partial charge in [-0.2, -0.15) is 0 Å². The first-order valence-electron chi connectivity index (χ1n) is 7.01. The Morgan fingerprint density at radius 1 is 1.50 bits per heavy atom. The fourth-order valence-electron chi connectivity index (χ4n) is 2.40. The molecule has 0 aliphatic carbocycles. The SMILES string of the molecule is Cc1ccc(F)c(OCC(=O)N2CCC[C@](O)(C(N)=O)C2)c1. The molecule has 1 heterocycles. The number of rotatable bonds is 4. The molecule has 0 saturated carbocycles. The van der Waals surface area contributed by atoms with Gasteiger partial charge in [0.2, 0.25) is 0 Å². The number of carbonyl (C=O) groups excluding carboxylic acids is 2. The van der Waals surface area contributed by atoms with Crippen molar-refractivity contribution < 1.29 is 23.8 Å². The molecule has 3 N–H and O–H groups in total. The topological polar surface area (TPSA) is 92.9 Å². The van der Waals surface area contributed by atoms with Gasteiger partial charge in [0.05, 0.1) is 6.54 Å². The van der Waals surface area contributed by atoms with Crippen molar-refractivity contribution in [3.05, 3.63) is 29.6 Å². The van der Waals surface area contributed by atoms with Gasteiger partial charge < -0.3 is 20.5 Å². The maximum atomic E-state index is 13.5. The molecule has 1 fully saturated rings. The monoisotopic (exact) mass is 310 g/mol. The summed E-state index contributed by atoms with van der Waals surface area (Å²) in [6.07, 6.45) is 0.684. The standard InChI is InChI=1S/C15H19FN2O4/c1-10-3-4-11(16)12(7-10)22-8-13(19)18-6-2-5-15(21,9-18)14(17)20/h3-4,7,21H,2,5-6,8-9H2,1H3,(H2,17,20)/t15-/m1/s1. The second kappa shape index (κ2) is 6.31. The molecule has 0 spiro atoms. The number of aryl methyl sites for hydroxylation is 1. The van der Waals surface area contributed by atoms with Gasteiger partial charge in [-0.3, -0.25) is 9.59 Å². The Hall–Kier alpha value is -2.15. The number of nitrogens with zero attached hydrogens (tertiary/aromatic N) is 1. The van der Waals surface area contributed by atoms with Crippen LogP contribution in [0.4, 0.5) is 4.39 Å². The minimum absolute atomic E-state index is 0.00415. The number of amides is 2. The normalized spacial score (nSPS) is 21.5. The Labute approximate surface area is 127 Å². The molecule has 1 aromatic carbocycles. The summed E-state index contributed by atoms with van der Waals surface area (Å²) < 4.78 is 18.7. The highest BCUT2D eigenvalue weighted by Crippen LogP contribution is 2.22. The lowest BCUT2D eigenvalue weighted by Gasteiger charge is -2.36. The molecular formula is C15H19FN2O4. The van der Waals surface area contributed by atoms with Gasteiger partial charge in [0.25, 0.3) is 11.8 Å². The number of primary amides is 1. The number of carbonyl (C=O) groups is 2. The number of likely N-dealkylation sites (tertiary alicyclic amines) is 1. The molecule has 0 aromatic heterocycles. The number of halogens is 1. The lowest BCUT2D eigenvalue weighted by molar-refractivity contribution is -0.150. The maximum absolute atomic E-state index is 13.5. The van der Waals surface area contributed by atoms with E-state index in [2.05, 4.69) is 0 Å². The van der Waals surface area contributed by atoms with Gasteiger partial charge in [-0.15, -0.1) is 0 Å². The van der Waals surface area contributed by atoms with Gasteiger partial charge in [0.1, 0.15) is 0 Å². The summed E-state index contributed by atoms with van der Waals surface area (Å²) in [5, 5.41) is 10.1. The fraction of sp³-hybridized carbons (Fsp3) is 0.467. The van der Waals surface area contributed by atoms with Crippen molar-refractivity contribution in [1.29, 1.82) is 0 Å². The molecule has 1 aliphatic rings. The number of hydrogen-bond donors (Lipinski definition) is 2. The summed E-state index contributed by atoms with van der Waals surface area (Å²) in [7, 11) is 0. The zero-order chi connectivity index (χ0) is 16.3. The molecule has 7 heteroatoms. The second-order valence-corrected chi connectivity index (χ2v) is 5.54. The van der Waals surface area contributed by atoms with Gasteiger partial charge in [-0.25, -0.2) is 4.39 Å². The number of ether oxygens (including phenoxy) is 1. The molecule has 0 unspecified atom stereocenters. The van der Waals surface area contributed by atoms with Gasteiger partial charge in [0.15, 0.2) is 23.8 Å². The molecule has 0 radical (unpaired) electrons. The highest BCUT2D eigenvalue weighted by Gasteiger charge is 2.40. The average Bonchev–Trinajstić information content (AvgIpc) is 2.47. The van der Waals surface area contributed by atoms with Crippen molar-refractivity contribution in [3.63, 3.8) is 0 Å². The van der Waals surface area contributed by atoms with Crippen LogP contribution in [0, 0.1) is 12.7 Å². The highest BCUT2D eigenvalue weighted by molar-refractivity contribution is 5.85. The molecule has 120 valence electrons. The number of β-amino-alcohol motifs (C(OH)–C–C–N with tert-alkyl or cyclic N) is 1. The Balaban J connectivity index is 1.97. The van der Waals surface area contributed by atoms with Crippen LogP contribution in [0.15, 0.2) is 18.2 Å². The van der Waals surface area contributed by atoms with Crippen LogP contribution >= 0.6 is 0 Å². The first-order chi connectivity index (χ1) is 10.3. The summed E-state index contributed by atoms with van der Waals surface area (Å²) in [4.78, 5) is 24.7. The number of piperidine rings is 1. The third-order valence-corrected chi connectivity index (χ3v) is 3.72. The van der Waals surface area contributed by atoms with Crippen molar-refractivity contribution in [2.45, 2.75) is 25.4 Å². The van der Waals surface area contributed by atoms with Crippen molar-refractivity contribution >= 4 is 11.8 Å². The smallest absolute Gasteiger partial charge is 0.260 e. The van der Waals surface area contributed by atoms with Crippen LogP contribution in [0.1, 0.15) is 18.4 Å². The van der Waals surface area contributed by atoms with E-state index in [4.69, 9.17) is 10.5 Å². The molecule has 2 rings (SSSR count). The molecule has 2 amide bonds. The van der Waals surface area contributed by atoms with Gasteiger partial charge >= 0.3 is 0 Å². The van der Waals surface area contributed by atoms with Crippen molar-refractivity contribution in [2.24, 2.45) is 5.73 Å². The molecule has 22 heavy (non-hydrogen) atoms. The minimum atomic E-state index is -1.71. The lowest BCUT2D eigenvalue weighted by Crippen LogP contribution is -2.57. The Bertz CT molecular complexity index is 593. The van der Waals surface area contributed by atoms with Crippen molar-refractivity contribution in [2.75, 3.05) is 19.7 Å². The number of nitrogens with two attached hydrogens (primary N) is 1. The van der Waals surface area contributed by atoms with Crippen molar-refractivity contribution in [1.82, 2.24) is 4.90 Å². The molecule has 1 aromatic rings. The van der Waals surface area contributed by atoms with Crippen LogP contribution in [0.5, 0.6) is 5.75 Å². The van der Waals surface area contributed by atoms with E-state index in [1.807, 2.05) is 0 Å². The van der Waals surface area contributed by atoms with Crippen LogP contribution in [-0.4, -0.2) is 47.1 Å². The largest absolute Gasteiger partial charge is 0.481 e. The first kappa shape index (κ1) is 16.2. The third kappa shape index (κ3) is 3.54. The molecular weight excluding hydrogens is 291 g/mol. The average molecular weight is 310 g/mol. The summed E-state index contributed by atoms with van der Waals surface area (Å²) >= 11 is 0. The fourth-order valence-corrected chi connectivity index (χ4v) is 2.40. The van der Waals surface area contributed by atoms with Gasteiger partial charge in [0, 0.05) is 6.54 Å². The molecule has 1 aliphatic heterocycles. The summed E-state index contributed by atoms with van der Waals surface area (Å²) in [6.45, 7) is 1.65. The predicted octanol–water partition coefficient (Wildman–Crippen LogP) is 0.352. The van der Waals surface area contributed by atoms with Crippen LogP contribution < -0.4 is 10.5 Å². The second-order valence-electron chi connectivity index (χ2n) is 5.54. The van der Waals surface area contributed by atoms with Gasteiger partial charge in [-0.05, 0) is 37.5 Å². The van der Waals surface area contributed by atoms with Crippen LogP contribution in [0.3, 0.4) is 0 Å². The quantitative estimate of drug-likeness (QED) is 0.839. The zero-order valence-corrected chi connectivity index (χ0v) is 12.3. The van der Waals surface area contributed by atoms with Crippen molar-refractivity contribution in [3.8, 4) is 5.75 Å². The first-order valence-corrected chi connectivity index (χ1v) is 7.01. The van der Waals surface area contributed by atoms with Gasteiger partial charge in [-0.1, -0.05) is 6.07 Å². The summed E-state index contributed by atoms with van der Waals surface area (Å²) in [6, 6.07) is 4.36. The Morgan fingerprint density at radius 2 is 2.23 bits per heavy atom. The summed E-state index contributed by atoms with van der Waals surface area (Å²) in [5.41, 5.74) is 4.26. The molecule has 6 nitrogen and oxygen atoms in total. The van der Waals surface area contributed by atoms with E-state index in [-0.39, 0.29) is 25.3 Å². The Kier molecular flexibility index (Phi) is 4.65. The maximum Gasteiger partial charge on any atom is 0.260 e. The third-order valence-electron chi connectivity index (χ3n) is 3.72. The lowest BCUT2D eigenvalue weighted by atomic mass is 9.92. The molecule has 1 saturated heterocycles. The minimum Gasteiger partial charge on any atom is -0.481 e. The van der Waals surface area contributed by atoms with Crippen LogP contribution in [0.25, 0.3) is 0 Å². The van der Waals surface area contributed by atoms with Crippen LogP contribution in [-0.2, 0) is 9.59 Å². The number of aliphatic hydroxyl groups is 1. The van der Waals surface area contributed by atoms with Crippen LogP contribution in [0.2, 0.25) is 0 Å². The molecule has 1 atom stereocenters. The molecule has 0 bridgehead atoms. The zero-order valence-electron chi connectivity index (χ0n) is 12.3. The Morgan fingerprint density at radius 3 is 2.91 bits per heavy atom. The number of hydrogen-bond acceptors (Lipinski definition) is 4. The highest BCUT2D eigenvalue weighted by atomic mass is 19.1. The van der Waals surface area contributed by atoms with E-state index >= 15 is 0 Å². The summed E-state index contributed by atoms with van der Waals surface area (Å²) in [5.74, 6) is -1.84. The number of benzene rings is 1. The van der Waals surface area contributed by atoms with E-state index in [1.54, 1.807) is 13.0 Å².